The Balaban J connectivity index is 1.64. The Labute approximate surface area is 137 Å². The van der Waals surface area contributed by atoms with Gasteiger partial charge >= 0.3 is 0 Å². The number of benzene rings is 1. The molecule has 0 aliphatic carbocycles. The van der Waals surface area contributed by atoms with Crippen LogP contribution in [0.4, 0.5) is 5.69 Å². The minimum absolute atomic E-state index is 0.159. The molecule has 1 aliphatic rings. The molecule has 124 valence electrons. The molecule has 0 spiro atoms. The van der Waals surface area contributed by atoms with Gasteiger partial charge in [-0.3, -0.25) is 4.90 Å². The molecule has 0 bridgehead atoms. The van der Waals surface area contributed by atoms with Gasteiger partial charge in [0.25, 0.3) is 0 Å². The Morgan fingerprint density at radius 3 is 2.57 bits per heavy atom. The molecule has 0 saturated carbocycles. The van der Waals surface area contributed by atoms with Gasteiger partial charge in [-0.25, -0.2) is 0 Å². The SMILES string of the molecule is COc1ccc(N2CCCN(C(C)c3nc(C)no3)CC2)cc1. The lowest BCUT2D eigenvalue weighted by molar-refractivity contribution is 0.184. The number of nitrogens with zero attached hydrogens (tertiary/aromatic N) is 4. The smallest absolute Gasteiger partial charge is 0.243 e. The van der Waals surface area contributed by atoms with Gasteiger partial charge in [-0.15, -0.1) is 0 Å². The Morgan fingerprint density at radius 1 is 1.13 bits per heavy atom. The third-order valence-corrected chi connectivity index (χ3v) is 4.42. The molecule has 1 aromatic heterocycles. The van der Waals surface area contributed by atoms with Crippen LogP contribution in [0.1, 0.15) is 31.1 Å². The molecule has 1 unspecified atom stereocenters. The maximum atomic E-state index is 5.33. The highest BCUT2D eigenvalue weighted by atomic mass is 16.5. The first-order valence-corrected chi connectivity index (χ1v) is 8.10. The van der Waals surface area contributed by atoms with Crippen LogP contribution in [-0.4, -0.2) is 48.3 Å². The van der Waals surface area contributed by atoms with Crippen LogP contribution in [0.2, 0.25) is 0 Å². The molecule has 23 heavy (non-hydrogen) atoms. The van der Waals surface area contributed by atoms with Crippen molar-refractivity contribution < 1.29 is 9.26 Å². The fourth-order valence-corrected chi connectivity index (χ4v) is 3.01. The average molecular weight is 316 g/mol. The summed E-state index contributed by atoms with van der Waals surface area (Å²) in [7, 11) is 1.69. The highest BCUT2D eigenvalue weighted by Crippen LogP contribution is 2.24. The van der Waals surface area contributed by atoms with Gasteiger partial charge in [-0.05, 0) is 44.5 Å². The van der Waals surface area contributed by atoms with Crippen molar-refractivity contribution in [3.63, 3.8) is 0 Å². The molecule has 1 saturated heterocycles. The van der Waals surface area contributed by atoms with Gasteiger partial charge in [-0.2, -0.15) is 4.98 Å². The fraction of sp³-hybridized carbons (Fsp3) is 0.529. The number of aryl methyl sites for hydroxylation is 1. The molecule has 0 radical (unpaired) electrons. The van der Waals surface area contributed by atoms with E-state index >= 15 is 0 Å². The summed E-state index contributed by atoms with van der Waals surface area (Å²) in [6, 6.07) is 8.44. The van der Waals surface area contributed by atoms with E-state index in [1.807, 2.05) is 19.1 Å². The van der Waals surface area contributed by atoms with Crippen molar-refractivity contribution in [2.45, 2.75) is 26.3 Å². The summed E-state index contributed by atoms with van der Waals surface area (Å²) in [5.74, 6) is 2.30. The van der Waals surface area contributed by atoms with Crippen LogP contribution in [0.25, 0.3) is 0 Å². The Kier molecular flexibility index (Phi) is 4.81. The van der Waals surface area contributed by atoms with Crippen molar-refractivity contribution >= 4 is 5.69 Å². The van der Waals surface area contributed by atoms with Crippen LogP contribution in [0.15, 0.2) is 28.8 Å². The van der Waals surface area contributed by atoms with E-state index in [4.69, 9.17) is 9.26 Å². The quantitative estimate of drug-likeness (QED) is 0.864. The minimum atomic E-state index is 0.159. The normalized spacial score (nSPS) is 17.8. The lowest BCUT2D eigenvalue weighted by atomic mass is 10.2. The lowest BCUT2D eigenvalue weighted by Crippen LogP contribution is -2.32. The van der Waals surface area contributed by atoms with Gasteiger partial charge < -0.3 is 14.2 Å². The largest absolute Gasteiger partial charge is 0.497 e. The summed E-state index contributed by atoms with van der Waals surface area (Å²) in [6.45, 7) is 8.05. The van der Waals surface area contributed by atoms with E-state index in [1.54, 1.807) is 7.11 Å². The van der Waals surface area contributed by atoms with Gasteiger partial charge in [-0.1, -0.05) is 5.16 Å². The van der Waals surface area contributed by atoms with Crippen LogP contribution in [0.5, 0.6) is 5.75 Å². The minimum Gasteiger partial charge on any atom is -0.497 e. The van der Waals surface area contributed by atoms with Crippen LogP contribution >= 0.6 is 0 Å². The highest BCUT2D eigenvalue weighted by Gasteiger charge is 2.24. The second-order valence-electron chi connectivity index (χ2n) is 5.93. The van der Waals surface area contributed by atoms with Crippen molar-refractivity contribution in [2.75, 3.05) is 38.2 Å². The molecule has 1 fully saturated rings. The maximum Gasteiger partial charge on any atom is 0.243 e. The number of anilines is 1. The first-order valence-electron chi connectivity index (χ1n) is 8.10. The van der Waals surface area contributed by atoms with Gasteiger partial charge in [0.1, 0.15) is 5.75 Å². The highest BCUT2D eigenvalue weighted by molar-refractivity contribution is 5.49. The number of hydrogen-bond donors (Lipinski definition) is 0. The summed E-state index contributed by atoms with van der Waals surface area (Å²) >= 11 is 0. The Morgan fingerprint density at radius 2 is 1.91 bits per heavy atom. The topological polar surface area (TPSA) is 54.6 Å². The average Bonchev–Trinajstić information content (AvgIpc) is 2.87. The molecule has 1 aliphatic heterocycles. The first-order chi connectivity index (χ1) is 11.2. The molecular weight excluding hydrogens is 292 g/mol. The number of hydrogen-bond acceptors (Lipinski definition) is 6. The number of ether oxygens (including phenoxy) is 1. The molecule has 1 aromatic carbocycles. The Hall–Kier alpha value is -2.08. The molecule has 0 N–H and O–H groups in total. The molecule has 0 amide bonds. The second kappa shape index (κ2) is 7.00. The van der Waals surface area contributed by atoms with Gasteiger partial charge in [0.2, 0.25) is 5.89 Å². The molecule has 6 heteroatoms. The molecule has 6 nitrogen and oxygen atoms in total. The van der Waals surface area contributed by atoms with Gasteiger partial charge in [0.15, 0.2) is 5.82 Å². The zero-order valence-corrected chi connectivity index (χ0v) is 14.0. The van der Waals surface area contributed by atoms with Crippen molar-refractivity contribution in [1.82, 2.24) is 15.0 Å². The first kappa shape index (κ1) is 15.8. The summed E-state index contributed by atoms with van der Waals surface area (Å²) in [5.41, 5.74) is 1.24. The van der Waals surface area contributed by atoms with Gasteiger partial charge in [0.05, 0.1) is 13.2 Å². The maximum absolute atomic E-state index is 5.33. The number of aromatic nitrogens is 2. The number of methoxy groups -OCH3 is 1. The fourth-order valence-electron chi connectivity index (χ4n) is 3.01. The van der Waals surface area contributed by atoms with Crippen LogP contribution in [0, 0.1) is 6.92 Å². The monoisotopic (exact) mass is 316 g/mol. The van der Waals surface area contributed by atoms with E-state index in [2.05, 4.69) is 39.0 Å². The van der Waals surface area contributed by atoms with Crippen molar-refractivity contribution in [1.29, 1.82) is 0 Å². The molecule has 2 aromatic rings. The predicted molar refractivity (Wildman–Crippen MR) is 88.8 cm³/mol. The molecule has 3 rings (SSSR count). The summed E-state index contributed by atoms with van der Waals surface area (Å²) < 4.78 is 10.6. The van der Waals surface area contributed by atoms with E-state index in [0.29, 0.717) is 11.7 Å². The van der Waals surface area contributed by atoms with E-state index < -0.39 is 0 Å². The van der Waals surface area contributed by atoms with E-state index in [-0.39, 0.29) is 6.04 Å². The summed E-state index contributed by atoms with van der Waals surface area (Å²) in [4.78, 5) is 9.20. The number of rotatable bonds is 4. The zero-order chi connectivity index (χ0) is 16.2. The standard InChI is InChI=1S/C17H24N4O2/c1-13(17-18-14(2)19-23-17)20-9-4-10-21(12-11-20)15-5-7-16(22-3)8-6-15/h5-8,13H,4,9-12H2,1-3H3. The molecule has 1 atom stereocenters. The second-order valence-corrected chi connectivity index (χ2v) is 5.93. The van der Waals surface area contributed by atoms with Crippen LogP contribution in [-0.2, 0) is 0 Å². The zero-order valence-electron chi connectivity index (χ0n) is 14.0. The Bertz CT molecular complexity index is 626. The summed E-state index contributed by atoms with van der Waals surface area (Å²) in [6.07, 6.45) is 1.11. The van der Waals surface area contributed by atoms with Crippen molar-refractivity contribution in [3.8, 4) is 5.75 Å². The molecular formula is C17H24N4O2. The van der Waals surface area contributed by atoms with Crippen LogP contribution < -0.4 is 9.64 Å². The lowest BCUT2D eigenvalue weighted by Gasteiger charge is -2.26. The van der Waals surface area contributed by atoms with E-state index in [1.165, 1.54) is 5.69 Å². The van der Waals surface area contributed by atoms with Crippen LogP contribution in [0.3, 0.4) is 0 Å². The van der Waals surface area contributed by atoms with Gasteiger partial charge in [0, 0.05) is 31.9 Å². The van der Waals surface area contributed by atoms with E-state index in [0.717, 1.165) is 38.3 Å². The predicted octanol–water partition coefficient (Wildman–Crippen LogP) is 2.66. The third kappa shape index (κ3) is 3.64. The molecule has 2 heterocycles. The summed E-state index contributed by atoms with van der Waals surface area (Å²) in [5, 5.41) is 3.90. The third-order valence-electron chi connectivity index (χ3n) is 4.42. The van der Waals surface area contributed by atoms with Crippen molar-refractivity contribution in [3.05, 3.63) is 36.0 Å². The van der Waals surface area contributed by atoms with E-state index in [9.17, 15) is 0 Å². The van der Waals surface area contributed by atoms with Crippen molar-refractivity contribution in [2.24, 2.45) is 0 Å².